The molecule has 0 radical (unpaired) electrons. The highest BCUT2D eigenvalue weighted by atomic mass is 19.4. The van der Waals surface area contributed by atoms with Gasteiger partial charge in [-0.2, -0.15) is 39.5 Å². The van der Waals surface area contributed by atoms with Crippen molar-refractivity contribution >= 4 is 0 Å². The van der Waals surface area contributed by atoms with Crippen LogP contribution in [0.15, 0.2) is 48.5 Å². The van der Waals surface area contributed by atoms with E-state index in [2.05, 4.69) is 13.8 Å². The van der Waals surface area contributed by atoms with Crippen molar-refractivity contribution in [2.45, 2.75) is 64.6 Å². The number of hydrogen-bond acceptors (Lipinski definition) is 1. The van der Waals surface area contributed by atoms with Crippen LogP contribution in [0.3, 0.4) is 0 Å². The zero-order valence-electron chi connectivity index (χ0n) is 18.9. The summed E-state index contributed by atoms with van der Waals surface area (Å²) in [6.45, 7) is 5.39. The second kappa shape index (κ2) is 13.0. The molecule has 0 amide bonds. The SMILES string of the molecule is CCC.FC(F)(F)c1ccc(C(F)(F)F)c(CN2CCCCC2)c1.FC(F)(F)c1ccccc1. The van der Waals surface area contributed by atoms with Crippen molar-refractivity contribution in [2.75, 3.05) is 13.1 Å². The molecule has 2 aromatic carbocycles. The molecule has 10 heteroatoms. The summed E-state index contributed by atoms with van der Waals surface area (Å²) in [5, 5.41) is 0. The van der Waals surface area contributed by atoms with Crippen molar-refractivity contribution in [3.8, 4) is 0 Å². The normalized spacial score (nSPS) is 15.0. The largest absolute Gasteiger partial charge is 0.416 e. The molecule has 1 aliphatic heterocycles. The summed E-state index contributed by atoms with van der Waals surface area (Å²) >= 11 is 0. The van der Waals surface area contributed by atoms with Crippen molar-refractivity contribution in [1.29, 1.82) is 0 Å². The van der Waals surface area contributed by atoms with Gasteiger partial charge in [-0.3, -0.25) is 4.90 Å². The van der Waals surface area contributed by atoms with Crippen LogP contribution in [0.4, 0.5) is 39.5 Å². The molecule has 192 valence electrons. The van der Waals surface area contributed by atoms with Crippen molar-refractivity contribution < 1.29 is 39.5 Å². The van der Waals surface area contributed by atoms with Gasteiger partial charge in [0.15, 0.2) is 0 Å². The van der Waals surface area contributed by atoms with Gasteiger partial charge in [-0.15, -0.1) is 0 Å². The number of rotatable bonds is 2. The summed E-state index contributed by atoms with van der Waals surface area (Å²) < 4.78 is 112. The van der Waals surface area contributed by atoms with Crippen molar-refractivity contribution in [1.82, 2.24) is 4.90 Å². The lowest BCUT2D eigenvalue weighted by atomic mass is 10.0. The summed E-state index contributed by atoms with van der Waals surface area (Å²) in [5.74, 6) is 0. The van der Waals surface area contributed by atoms with Gasteiger partial charge in [0.05, 0.1) is 16.7 Å². The Morgan fingerprint density at radius 1 is 0.647 bits per heavy atom. The molecule has 0 unspecified atom stereocenters. The maximum atomic E-state index is 12.9. The van der Waals surface area contributed by atoms with Gasteiger partial charge in [-0.25, -0.2) is 0 Å². The predicted octanol–water partition coefficient (Wildman–Crippen LogP) is 8.83. The topological polar surface area (TPSA) is 3.24 Å². The van der Waals surface area contributed by atoms with Gasteiger partial charge < -0.3 is 0 Å². The van der Waals surface area contributed by atoms with Crippen LogP contribution in [0.2, 0.25) is 0 Å². The minimum absolute atomic E-state index is 0.0984. The van der Waals surface area contributed by atoms with Gasteiger partial charge in [-0.1, -0.05) is 57.0 Å². The number of likely N-dealkylation sites (tertiary alicyclic amines) is 1. The van der Waals surface area contributed by atoms with Crippen LogP contribution in [-0.4, -0.2) is 18.0 Å². The van der Waals surface area contributed by atoms with Crippen molar-refractivity contribution in [2.24, 2.45) is 0 Å². The molecule has 1 aliphatic rings. The van der Waals surface area contributed by atoms with E-state index >= 15 is 0 Å². The minimum Gasteiger partial charge on any atom is -0.299 e. The zero-order chi connectivity index (χ0) is 26.0. The van der Waals surface area contributed by atoms with E-state index in [0.29, 0.717) is 31.3 Å². The smallest absolute Gasteiger partial charge is 0.299 e. The van der Waals surface area contributed by atoms with Gasteiger partial charge >= 0.3 is 18.5 Å². The Hall–Kier alpha value is -2.23. The summed E-state index contributed by atoms with van der Waals surface area (Å²) in [6.07, 6.45) is -9.51. The maximum Gasteiger partial charge on any atom is 0.416 e. The number of nitrogens with zero attached hydrogens (tertiary/aromatic N) is 1. The number of hydrogen-bond donors (Lipinski definition) is 0. The van der Waals surface area contributed by atoms with E-state index in [1.807, 2.05) is 0 Å². The molecule has 34 heavy (non-hydrogen) atoms. The third-order valence-electron chi connectivity index (χ3n) is 4.68. The van der Waals surface area contributed by atoms with Crippen LogP contribution in [0.25, 0.3) is 0 Å². The maximum absolute atomic E-state index is 12.9. The van der Waals surface area contributed by atoms with Gasteiger partial charge in [0, 0.05) is 6.54 Å². The molecule has 1 heterocycles. The average Bonchev–Trinajstić information content (AvgIpc) is 2.74. The Morgan fingerprint density at radius 2 is 1.15 bits per heavy atom. The third kappa shape index (κ3) is 10.4. The predicted molar refractivity (Wildman–Crippen MR) is 113 cm³/mol. The molecule has 0 N–H and O–H groups in total. The second-order valence-corrected chi connectivity index (χ2v) is 7.78. The minimum atomic E-state index is -4.64. The molecule has 0 saturated carbocycles. The molecule has 0 aliphatic carbocycles. The Balaban J connectivity index is 0.000000369. The van der Waals surface area contributed by atoms with E-state index in [9.17, 15) is 39.5 Å². The Labute approximate surface area is 193 Å². The standard InChI is InChI=1S/C14H15F6N.C7H5F3.C3H8/c15-13(16,17)11-4-5-12(14(18,19)20)10(8-11)9-21-6-2-1-3-7-21;8-7(9,10)6-4-2-1-3-5-6;1-3-2/h4-5,8H,1-3,6-7,9H2;1-5H;3H2,1-2H3. The summed E-state index contributed by atoms with van der Waals surface area (Å²) in [5.41, 5.74) is -2.93. The van der Waals surface area contributed by atoms with Crippen LogP contribution in [0.1, 0.15) is 61.8 Å². The average molecular weight is 501 g/mol. The quantitative estimate of drug-likeness (QED) is 0.372. The molecule has 1 nitrogen and oxygen atoms in total. The first-order chi connectivity index (χ1) is 15.7. The fourth-order valence-electron chi connectivity index (χ4n) is 3.16. The lowest BCUT2D eigenvalue weighted by Gasteiger charge is -2.28. The first-order valence-electron chi connectivity index (χ1n) is 10.8. The number of alkyl halides is 9. The van der Waals surface area contributed by atoms with E-state index < -0.39 is 35.2 Å². The van der Waals surface area contributed by atoms with Crippen LogP contribution in [0, 0.1) is 0 Å². The van der Waals surface area contributed by atoms with Crippen molar-refractivity contribution in [3.05, 3.63) is 70.8 Å². The van der Waals surface area contributed by atoms with Gasteiger partial charge in [0.1, 0.15) is 0 Å². The molecule has 1 fully saturated rings. The molecular weight excluding hydrogens is 473 g/mol. The van der Waals surface area contributed by atoms with E-state index in [-0.39, 0.29) is 12.1 Å². The van der Waals surface area contributed by atoms with Crippen LogP contribution < -0.4 is 0 Å². The summed E-state index contributed by atoms with van der Waals surface area (Å²) in [7, 11) is 0. The highest BCUT2D eigenvalue weighted by molar-refractivity contribution is 5.35. The zero-order valence-corrected chi connectivity index (χ0v) is 18.9. The fraction of sp³-hybridized carbons (Fsp3) is 0.500. The molecule has 0 bridgehead atoms. The Kier molecular flexibility index (Phi) is 11.4. The van der Waals surface area contributed by atoms with Gasteiger partial charge in [-0.05, 0) is 49.7 Å². The highest BCUT2D eigenvalue weighted by Gasteiger charge is 2.37. The molecular formula is C24H28F9N. The molecule has 2 aromatic rings. The van der Waals surface area contributed by atoms with E-state index in [1.54, 1.807) is 11.0 Å². The van der Waals surface area contributed by atoms with Gasteiger partial charge in [0.25, 0.3) is 0 Å². The molecule has 0 aromatic heterocycles. The second-order valence-electron chi connectivity index (χ2n) is 7.78. The monoisotopic (exact) mass is 501 g/mol. The van der Waals surface area contributed by atoms with E-state index in [4.69, 9.17) is 0 Å². The summed E-state index contributed by atoms with van der Waals surface area (Å²) in [4.78, 5) is 1.77. The Bertz CT molecular complexity index is 834. The molecule has 0 atom stereocenters. The van der Waals surface area contributed by atoms with E-state index in [0.717, 1.165) is 31.4 Å². The third-order valence-corrected chi connectivity index (χ3v) is 4.68. The van der Waals surface area contributed by atoms with Crippen LogP contribution in [-0.2, 0) is 25.1 Å². The van der Waals surface area contributed by atoms with Gasteiger partial charge in [0.2, 0.25) is 0 Å². The lowest BCUT2D eigenvalue weighted by molar-refractivity contribution is -0.142. The Morgan fingerprint density at radius 3 is 1.56 bits per heavy atom. The van der Waals surface area contributed by atoms with Crippen LogP contribution >= 0.6 is 0 Å². The van der Waals surface area contributed by atoms with E-state index in [1.165, 1.54) is 18.6 Å². The molecule has 3 rings (SSSR count). The summed E-state index contributed by atoms with van der Waals surface area (Å²) in [6, 6.07) is 8.00. The highest BCUT2D eigenvalue weighted by Crippen LogP contribution is 2.37. The number of piperidine rings is 1. The first kappa shape index (κ1) is 29.8. The fourth-order valence-corrected chi connectivity index (χ4v) is 3.16. The molecule has 0 spiro atoms. The van der Waals surface area contributed by atoms with Crippen LogP contribution in [0.5, 0.6) is 0 Å². The first-order valence-corrected chi connectivity index (χ1v) is 10.8. The molecule has 1 saturated heterocycles. The number of benzene rings is 2. The number of halogens is 9. The lowest BCUT2D eigenvalue weighted by Crippen LogP contribution is -2.30. The van der Waals surface area contributed by atoms with Crippen molar-refractivity contribution in [3.63, 3.8) is 0 Å².